The number of nitrogens with zero attached hydrogens (tertiary/aromatic N) is 2. The zero-order chi connectivity index (χ0) is 10.3. The van der Waals surface area contributed by atoms with Gasteiger partial charge in [-0.25, -0.2) is 13.4 Å². The minimum Gasteiger partial charge on any atom is -0.308 e. The topological polar surface area (TPSA) is 69.0 Å². The zero-order valence-corrected chi connectivity index (χ0v) is 8.62. The molecule has 1 fully saturated rings. The Morgan fingerprint density at radius 3 is 2.64 bits per heavy atom. The molecule has 1 aliphatic rings. The van der Waals surface area contributed by atoms with Gasteiger partial charge in [0.15, 0.2) is 0 Å². The third kappa shape index (κ3) is 1.67. The molecule has 76 valence electrons. The average molecular weight is 235 g/mol. The van der Waals surface area contributed by atoms with E-state index >= 15 is 0 Å². The summed E-state index contributed by atoms with van der Waals surface area (Å²) in [5.74, 6) is 0. The van der Waals surface area contributed by atoms with Gasteiger partial charge in [-0.05, 0) is 12.8 Å². The number of halogens is 1. The van der Waals surface area contributed by atoms with Gasteiger partial charge in [-0.2, -0.15) is 0 Å². The van der Waals surface area contributed by atoms with Crippen LogP contribution in [0.2, 0.25) is 0 Å². The second kappa shape index (κ2) is 3.06. The molecule has 1 aromatic rings. The molecule has 0 aliphatic heterocycles. The molecule has 14 heavy (non-hydrogen) atoms. The highest BCUT2D eigenvalue weighted by molar-refractivity contribution is 8.13. The molecule has 0 atom stereocenters. The highest BCUT2D eigenvalue weighted by Crippen LogP contribution is 2.33. The van der Waals surface area contributed by atoms with E-state index in [4.69, 9.17) is 10.7 Å². The maximum atomic E-state index is 11.5. The summed E-state index contributed by atoms with van der Waals surface area (Å²) >= 11 is 0. The molecular formula is C7H7ClN2O3S. The highest BCUT2D eigenvalue weighted by Gasteiger charge is 2.27. The molecule has 5 nitrogen and oxygen atoms in total. The normalized spacial score (nSPS) is 16.9. The highest BCUT2D eigenvalue weighted by atomic mass is 35.7. The van der Waals surface area contributed by atoms with Crippen molar-refractivity contribution in [2.45, 2.75) is 23.9 Å². The van der Waals surface area contributed by atoms with Gasteiger partial charge in [-0.15, -0.1) is 0 Å². The van der Waals surface area contributed by atoms with Crippen LogP contribution in [0.4, 0.5) is 0 Å². The molecule has 7 heteroatoms. The molecule has 1 aromatic heterocycles. The lowest BCUT2D eigenvalue weighted by Crippen LogP contribution is -2.24. The van der Waals surface area contributed by atoms with Crippen LogP contribution in [0.1, 0.15) is 18.9 Å². The van der Waals surface area contributed by atoms with Gasteiger partial charge in [-0.1, -0.05) is 0 Å². The van der Waals surface area contributed by atoms with Crippen LogP contribution in [0.5, 0.6) is 0 Å². The minimum absolute atomic E-state index is 0.114. The van der Waals surface area contributed by atoms with Gasteiger partial charge in [0.2, 0.25) is 5.03 Å². The first-order valence-electron chi connectivity index (χ1n) is 4.02. The predicted molar refractivity (Wildman–Crippen MR) is 49.8 cm³/mol. The summed E-state index contributed by atoms with van der Waals surface area (Å²) in [5, 5.41) is -0.589. The Morgan fingerprint density at radius 2 is 2.14 bits per heavy atom. The van der Waals surface area contributed by atoms with Crippen molar-refractivity contribution < 1.29 is 8.42 Å². The van der Waals surface area contributed by atoms with Crippen LogP contribution in [0, 0.1) is 0 Å². The lowest BCUT2D eigenvalue weighted by molar-refractivity contribution is 0.596. The zero-order valence-electron chi connectivity index (χ0n) is 7.05. The largest absolute Gasteiger partial charge is 0.308 e. The van der Waals surface area contributed by atoms with E-state index in [-0.39, 0.29) is 6.04 Å². The van der Waals surface area contributed by atoms with E-state index in [0.29, 0.717) is 0 Å². The molecular weight excluding hydrogens is 228 g/mol. The van der Waals surface area contributed by atoms with Crippen molar-refractivity contribution in [3.63, 3.8) is 0 Å². The van der Waals surface area contributed by atoms with Crippen LogP contribution in [-0.2, 0) is 9.05 Å². The molecule has 0 spiro atoms. The van der Waals surface area contributed by atoms with Crippen molar-refractivity contribution in [1.29, 1.82) is 0 Å². The van der Waals surface area contributed by atoms with Gasteiger partial charge in [0.1, 0.15) is 0 Å². The molecule has 0 radical (unpaired) electrons. The fourth-order valence-electron chi connectivity index (χ4n) is 1.21. The fourth-order valence-corrected chi connectivity index (χ4v) is 2.03. The maximum absolute atomic E-state index is 11.5. The van der Waals surface area contributed by atoms with Crippen molar-refractivity contribution in [3.05, 3.63) is 22.7 Å². The van der Waals surface area contributed by atoms with Crippen molar-refractivity contribution in [3.8, 4) is 0 Å². The van der Waals surface area contributed by atoms with Crippen LogP contribution in [0.3, 0.4) is 0 Å². The Balaban J connectivity index is 2.64. The molecule has 1 aliphatic carbocycles. The molecule has 0 N–H and O–H groups in total. The average Bonchev–Trinajstić information content (AvgIpc) is 2.85. The summed E-state index contributed by atoms with van der Waals surface area (Å²) in [6, 6.07) is 0.114. The third-order valence-corrected chi connectivity index (χ3v) is 3.19. The summed E-state index contributed by atoms with van der Waals surface area (Å²) in [6.07, 6.45) is 4.54. The maximum Gasteiger partial charge on any atom is 0.289 e. The standard InChI is InChI=1S/C7H7ClN2O3S/c8-14(12,13)6-7(11)10(4-3-9-6)5-1-2-5/h3-5H,1-2H2. The van der Waals surface area contributed by atoms with Crippen LogP contribution in [0.15, 0.2) is 22.2 Å². The van der Waals surface area contributed by atoms with E-state index in [2.05, 4.69) is 4.98 Å². The van der Waals surface area contributed by atoms with Crippen LogP contribution >= 0.6 is 10.7 Å². The van der Waals surface area contributed by atoms with Crippen LogP contribution < -0.4 is 5.56 Å². The summed E-state index contributed by atoms with van der Waals surface area (Å²) in [4.78, 5) is 15.0. The molecule has 0 unspecified atom stereocenters. The van der Waals surface area contributed by atoms with Crippen molar-refractivity contribution in [2.75, 3.05) is 0 Å². The predicted octanol–water partition coefficient (Wildman–Crippen LogP) is 0.506. The van der Waals surface area contributed by atoms with Gasteiger partial charge in [-0.3, -0.25) is 4.79 Å². The number of rotatable bonds is 2. The summed E-state index contributed by atoms with van der Waals surface area (Å²) in [7, 11) is 1.02. The van der Waals surface area contributed by atoms with E-state index in [1.807, 2.05) is 0 Å². The second-order valence-electron chi connectivity index (χ2n) is 3.11. The Labute approximate surface area is 84.8 Å². The lowest BCUT2D eigenvalue weighted by atomic mass is 10.6. The monoisotopic (exact) mass is 234 g/mol. The molecule has 0 aromatic carbocycles. The molecule has 0 saturated heterocycles. The Hall–Kier alpha value is -0.880. The Kier molecular flexibility index (Phi) is 2.11. The number of aromatic nitrogens is 2. The van der Waals surface area contributed by atoms with Crippen molar-refractivity contribution in [1.82, 2.24) is 9.55 Å². The molecule has 2 rings (SSSR count). The van der Waals surface area contributed by atoms with E-state index in [0.717, 1.165) is 12.8 Å². The first-order chi connectivity index (χ1) is 6.50. The molecule has 1 heterocycles. The summed E-state index contributed by atoms with van der Waals surface area (Å²) < 4.78 is 23.2. The van der Waals surface area contributed by atoms with Gasteiger partial charge >= 0.3 is 0 Å². The SMILES string of the molecule is O=c1c(S(=O)(=O)Cl)nccn1C1CC1. The molecule has 1 saturated carbocycles. The van der Waals surface area contributed by atoms with Crippen LogP contribution in [-0.4, -0.2) is 18.0 Å². The van der Waals surface area contributed by atoms with E-state index in [9.17, 15) is 13.2 Å². The Bertz CT molecular complexity index is 518. The van der Waals surface area contributed by atoms with Gasteiger partial charge in [0, 0.05) is 29.1 Å². The molecule has 0 amide bonds. The fraction of sp³-hybridized carbons (Fsp3) is 0.429. The first-order valence-corrected chi connectivity index (χ1v) is 6.33. The van der Waals surface area contributed by atoms with Crippen LogP contribution in [0.25, 0.3) is 0 Å². The Morgan fingerprint density at radius 1 is 1.50 bits per heavy atom. The quantitative estimate of drug-likeness (QED) is 0.699. The summed E-state index contributed by atoms with van der Waals surface area (Å²) in [6.45, 7) is 0. The lowest BCUT2D eigenvalue weighted by Gasteiger charge is -2.02. The number of hydrogen-bond acceptors (Lipinski definition) is 4. The first kappa shape index (κ1) is 9.67. The molecule has 0 bridgehead atoms. The second-order valence-corrected chi connectivity index (χ2v) is 5.60. The van der Waals surface area contributed by atoms with Crippen molar-refractivity contribution >= 4 is 19.7 Å². The van der Waals surface area contributed by atoms with E-state index in [1.165, 1.54) is 17.0 Å². The number of hydrogen-bond donors (Lipinski definition) is 0. The third-order valence-electron chi connectivity index (χ3n) is 2.01. The summed E-state index contributed by atoms with van der Waals surface area (Å²) in [5.41, 5.74) is -0.634. The smallest absolute Gasteiger partial charge is 0.289 e. The van der Waals surface area contributed by atoms with Gasteiger partial charge < -0.3 is 4.57 Å². The van der Waals surface area contributed by atoms with Gasteiger partial charge in [0.05, 0.1) is 0 Å². The van der Waals surface area contributed by atoms with Gasteiger partial charge in [0.25, 0.3) is 14.6 Å². The van der Waals surface area contributed by atoms with E-state index in [1.54, 1.807) is 0 Å². The minimum atomic E-state index is -4.03. The van der Waals surface area contributed by atoms with Crippen molar-refractivity contribution in [2.24, 2.45) is 0 Å². The van der Waals surface area contributed by atoms with E-state index < -0.39 is 19.6 Å².